The van der Waals surface area contributed by atoms with Gasteiger partial charge < -0.3 is 24.7 Å². The summed E-state index contributed by atoms with van der Waals surface area (Å²) in [5.41, 5.74) is 1.72. The number of hydrogen-bond acceptors (Lipinski definition) is 8. The SMILES string of the molecule is NC(Cn1c(=O)c2c(n(Cc3c(F)cccc3C(F)(F)F)c1=O)COC21CCN(Cc2ccc(C(F)(F)F)o2)CC1)c1ccc(OCCCC(=O)O)cc1. The van der Waals surface area contributed by atoms with Gasteiger partial charge in [-0.1, -0.05) is 18.2 Å². The molecule has 0 saturated carbocycles. The van der Waals surface area contributed by atoms with E-state index in [0.717, 1.165) is 27.3 Å². The zero-order chi connectivity index (χ0) is 39.0. The highest BCUT2D eigenvalue weighted by atomic mass is 19.4. The highest BCUT2D eigenvalue weighted by Gasteiger charge is 2.47. The second kappa shape index (κ2) is 15.1. The van der Waals surface area contributed by atoms with Gasteiger partial charge in [-0.05, 0) is 61.2 Å². The van der Waals surface area contributed by atoms with Gasteiger partial charge in [-0.3, -0.25) is 23.6 Å². The zero-order valence-electron chi connectivity index (χ0n) is 28.5. The Morgan fingerprint density at radius 1 is 0.944 bits per heavy atom. The van der Waals surface area contributed by atoms with E-state index in [1.54, 1.807) is 29.2 Å². The topological polar surface area (TPSA) is 142 Å². The quantitative estimate of drug-likeness (QED) is 0.135. The van der Waals surface area contributed by atoms with E-state index in [4.69, 9.17) is 24.7 Å². The molecule has 6 rings (SSSR count). The molecule has 1 spiro atoms. The van der Waals surface area contributed by atoms with E-state index in [-0.39, 0.29) is 75.5 Å². The summed E-state index contributed by atoms with van der Waals surface area (Å²) in [4.78, 5) is 40.9. The molecular weight excluding hydrogens is 733 g/mol. The molecule has 2 aromatic carbocycles. The summed E-state index contributed by atoms with van der Waals surface area (Å²) >= 11 is 0. The highest BCUT2D eigenvalue weighted by molar-refractivity contribution is 5.66. The number of furan rings is 1. The van der Waals surface area contributed by atoms with Crippen LogP contribution in [0.1, 0.15) is 71.2 Å². The van der Waals surface area contributed by atoms with Gasteiger partial charge in [0.15, 0.2) is 0 Å². The Morgan fingerprint density at radius 2 is 1.65 bits per heavy atom. The van der Waals surface area contributed by atoms with Crippen molar-refractivity contribution in [1.29, 1.82) is 0 Å². The number of nitrogens with zero attached hydrogens (tertiary/aromatic N) is 3. The Morgan fingerprint density at radius 3 is 2.28 bits per heavy atom. The van der Waals surface area contributed by atoms with Crippen molar-refractivity contribution in [1.82, 2.24) is 14.0 Å². The monoisotopic (exact) mass is 768 g/mol. The van der Waals surface area contributed by atoms with Gasteiger partial charge in [0.2, 0.25) is 5.76 Å². The van der Waals surface area contributed by atoms with E-state index in [0.29, 0.717) is 17.4 Å². The molecule has 290 valence electrons. The molecule has 54 heavy (non-hydrogen) atoms. The summed E-state index contributed by atoms with van der Waals surface area (Å²) in [5, 5.41) is 8.80. The fourth-order valence-electron chi connectivity index (χ4n) is 6.92. The minimum Gasteiger partial charge on any atom is -0.494 e. The average molecular weight is 769 g/mol. The van der Waals surface area contributed by atoms with E-state index in [1.807, 2.05) is 0 Å². The molecule has 1 saturated heterocycles. The van der Waals surface area contributed by atoms with E-state index in [9.17, 15) is 40.7 Å². The van der Waals surface area contributed by atoms with Crippen LogP contribution in [0, 0.1) is 5.82 Å². The Hall–Kier alpha value is -4.94. The molecule has 11 nitrogen and oxygen atoms in total. The number of aliphatic carboxylic acids is 1. The predicted octanol–water partition coefficient (Wildman–Crippen LogP) is 5.79. The average Bonchev–Trinajstić information content (AvgIpc) is 3.74. The number of carboxylic acid groups (broad SMARTS) is 1. The second-order valence-electron chi connectivity index (χ2n) is 13.2. The maximum absolute atomic E-state index is 15.1. The first-order valence-electron chi connectivity index (χ1n) is 16.9. The molecule has 0 radical (unpaired) electrons. The third kappa shape index (κ3) is 8.09. The van der Waals surface area contributed by atoms with Crippen molar-refractivity contribution in [3.05, 3.63) is 121 Å². The van der Waals surface area contributed by atoms with Crippen molar-refractivity contribution in [3.63, 3.8) is 0 Å². The van der Waals surface area contributed by atoms with Crippen molar-refractivity contribution >= 4 is 5.97 Å². The number of fused-ring (bicyclic) bond motifs is 2. The number of carbonyl (C=O) groups is 1. The van der Waals surface area contributed by atoms with Gasteiger partial charge in [-0.15, -0.1) is 0 Å². The largest absolute Gasteiger partial charge is 0.494 e. The Kier molecular flexibility index (Phi) is 10.8. The molecule has 1 unspecified atom stereocenters. The minimum atomic E-state index is -4.97. The number of likely N-dealkylation sites (tertiary alicyclic amines) is 1. The molecule has 4 aromatic rings. The number of carboxylic acids is 1. The van der Waals surface area contributed by atoms with Crippen molar-refractivity contribution < 1.29 is 54.5 Å². The number of hydrogen-bond donors (Lipinski definition) is 2. The summed E-state index contributed by atoms with van der Waals surface area (Å²) in [5.74, 6) is -2.83. The first-order valence-corrected chi connectivity index (χ1v) is 16.9. The van der Waals surface area contributed by atoms with Crippen LogP contribution in [0.15, 0.2) is 68.6 Å². The predicted molar refractivity (Wildman–Crippen MR) is 176 cm³/mol. The summed E-state index contributed by atoms with van der Waals surface area (Å²) in [7, 11) is 0. The highest BCUT2D eigenvalue weighted by Crippen LogP contribution is 2.43. The lowest BCUT2D eigenvalue weighted by atomic mass is 9.85. The van der Waals surface area contributed by atoms with Gasteiger partial charge in [-0.25, -0.2) is 9.18 Å². The normalized spacial score (nSPS) is 16.4. The van der Waals surface area contributed by atoms with Gasteiger partial charge >= 0.3 is 24.0 Å². The zero-order valence-corrected chi connectivity index (χ0v) is 28.5. The van der Waals surface area contributed by atoms with E-state index in [2.05, 4.69) is 0 Å². The van der Waals surface area contributed by atoms with Crippen LogP contribution >= 0.6 is 0 Å². The molecular formula is C36H35F7N4O7. The number of aromatic nitrogens is 2. The van der Waals surface area contributed by atoms with Crippen LogP contribution in [0.4, 0.5) is 30.7 Å². The van der Waals surface area contributed by atoms with Crippen molar-refractivity contribution in [2.24, 2.45) is 5.73 Å². The summed E-state index contributed by atoms with van der Waals surface area (Å²) < 4.78 is 115. The standard InChI is InChI=1S/C36H35F7N4O7/c37-26-4-1-3-25(35(38,39)40)24(26)18-46-28-20-53-34(12-14-45(15-13-34)17-23-10-11-29(54-23)36(41,42)43)31(28)32(50)47(33(46)51)19-27(44)21-6-8-22(9-7-21)52-16-2-5-30(48)49/h1,3-4,6-11,27H,2,5,12-20,44H2,(H,48,49). The third-order valence-electron chi connectivity index (χ3n) is 9.69. The fourth-order valence-corrected chi connectivity index (χ4v) is 6.92. The van der Waals surface area contributed by atoms with Crippen molar-refractivity contribution in [3.8, 4) is 5.75 Å². The van der Waals surface area contributed by atoms with Crippen LogP contribution in [0.25, 0.3) is 0 Å². The lowest BCUT2D eigenvalue weighted by Gasteiger charge is -2.38. The first kappa shape index (κ1) is 38.8. The number of halogens is 7. The molecule has 2 aliphatic heterocycles. The summed E-state index contributed by atoms with van der Waals surface area (Å²) in [6, 6.07) is 9.80. The Balaban J connectivity index is 1.32. The minimum absolute atomic E-state index is 0.00935. The Labute approximate surface area is 302 Å². The molecule has 1 atom stereocenters. The lowest BCUT2D eigenvalue weighted by Crippen LogP contribution is -2.49. The number of rotatable bonds is 12. The molecule has 2 aliphatic rings. The van der Waals surface area contributed by atoms with Crippen LogP contribution in [-0.2, 0) is 53.7 Å². The number of ether oxygens (including phenoxy) is 2. The molecule has 18 heteroatoms. The molecule has 0 amide bonds. The molecule has 1 fully saturated rings. The number of nitrogens with two attached hydrogens (primary N) is 1. The van der Waals surface area contributed by atoms with Crippen molar-refractivity contribution in [2.45, 2.75) is 75.9 Å². The van der Waals surface area contributed by atoms with Gasteiger partial charge in [0.1, 0.15) is 22.9 Å². The number of benzene rings is 2. The molecule has 4 heterocycles. The number of piperidine rings is 1. The van der Waals surface area contributed by atoms with E-state index >= 15 is 4.39 Å². The Bertz CT molecular complexity index is 2120. The molecule has 3 N–H and O–H groups in total. The van der Waals surface area contributed by atoms with Crippen LogP contribution in [0.2, 0.25) is 0 Å². The first-order chi connectivity index (χ1) is 25.5. The van der Waals surface area contributed by atoms with Gasteiger partial charge in [0.25, 0.3) is 5.56 Å². The van der Waals surface area contributed by atoms with Gasteiger partial charge in [0, 0.05) is 31.1 Å². The van der Waals surface area contributed by atoms with Crippen LogP contribution in [-0.4, -0.2) is 44.8 Å². The molecule has 0 aliphatic carbocycles. The van der Waals surface area contributed by atoms with Crippen LogP contribution in [0.3, 0.4) is 0 Å². The maximum atomic E-state index is 15.1. The van der Waals surface area contributed by atoms with Crippen LogP contribution < -0.4 is 21.7 Å². The third-order valence-corrected chi connectivity index (χ3v) is 9.69. The summed E-state index contributed by atoms with van der Waals surface area (Å²) in [6.45, 7) is -1.04. The van der Waals surface area contributed by atoms with Gasteiger partial charge in [0.05, 0.1) is 49.7 Å². The molecule has 2 aromatic heterocycles. The lowest BCUT2D eigenvalue weighted by molar-refractivity contribution is -0.153. The van der Waals surface area contributed by atoms with E-state index in [1.165, 1.54) is 6.07 Å². The fraction of sp³-hybridized carbons (Fsp3) is 0.417. The maximum Gasteiger partial charge on any atom is 0.449 e. The number of alkyl halides is 6. The molecule has 0 bridgehead atoms. The van der Waals surface area contributed by atoms with Gasteiger partial charge in [-0.2, -0.15) is 26.3 Å². The van der Waals surface area contributed by atoms with E-state index < -0.39 is 77.0 Å². The van der Waals surface area contributed by atoms with Crippen molar-refractivity contribution in [2.75, 3.05) is 19.7 Å². The second-order valence-corrected chi connectivity index (χ2v) is 13.2. The van der Waals surface area contributed by atoms with Crippen LogP contribution in [0.5, 0.6) is 5.75 Å². The summed E-state index contributed by atoms with van der Waals surface area (Å²) in [6.07, 6.45) is -9.16. The smallest absolute Gasteiger partial charge is 0.449 e.